The second-order valence-electron chi connectivity index (χ2n) is 4.35. The van der Waals surface area contributed by atoms with Gasteiger partial charge in [-0.3, -0.25) is 4.79 Å². The number of anilines is 1. The van der Waals surface area contributed by atoms with Crippen molar-refractivity contribution in [2.24, 2.45) is 5.16 Å². The van der Waals surface area contributed by atoms with E-state index in [2.05, 4.69) is 21.1 Å². The van der Waals surface area contributed by atoms with Crippen LogP contribution in [0.5, 0.6) is 0 Å². The third-order valence-electron chi connectivity index (χ3n) is 2.85. The molecule has 0 saturated heterocycles. The molecule has 5 heteroatoms. The summed E-state index contributed by atoms with van der Waals surface area (Å²) in [7, 11) is 1.71. The van der Waals surface area contributed by atoms with Gasteiger partial charge in [-0.05, 0) is 29.8 Å². The van der Waals surface area contributed by atoms with E-state index in [9.17, 15) is 4.79 Å². The van der Waals surface area contributed by atoms with Crippen molar-refractivity contribution in [1.29, 1.82) is 0 Å². The van der Waals surface area contributed by atoms with Crippen molar-refractivity contribution in [3.05, 3.63) is 64.6 Å². The molecule has 0 unspecified atom stereocenters. The van der Waals surface area contributed by atoms with Crippen molar-refractivity contribution in [3.63, 3.8) is 0 Å². The average Bonchev–Trinajstić information content (AvgIpc) is 2.53. The van der Waals surface area contributed by atoms with Crippen molar-refractivity contribution < 1.29 is 9.63 Å². The van der Waals surface area contributed by atoms with Gasteiger partial charge >= 0.3 is 0 Å². The van der Waals surface area contributed by atoms with Crippen LogP contribution < -0.4 is 4.90 Å². The lowest BCUT2D eigenvalue weighted by molar-refractivity contribution is -0.122. The molecule has 2 aromatic rings. The summed E-state index contributed by atoms with van der Waals surface area (Å²) in [6.45, 7) is -0.0988. The van der Waals surface area contributed by atoms with Crippen molar-refractivity contribution in [2.45, 2.75) is 0 Å². The Hall–Kier alpha value is -2.14. The summed E-state index contributed by atoms with van der Waals surface area (Å²) in [4.78, 5) is 18.5. The van der Waals surface area contributed by atoms with E-state index in [1.807, 2.05) is 54.6 Å². The lowest BCUT2D eigenvalue weighted by Gasteiger charge is -2.16. The van der Waals surface area contributed by atoms with E-state index >= 15 is 0 Å². The van der Waals surface area contributed by atoms with Gasteiger partial charge in [0.1, 0.15) is 0 Å². The van der Waals surface area contributed by atoms with Crippen LogP contribution in [0.2, 0.25) is 0 Å². The highest BCUT2D eigenvalue weighted by molar-refractivity contribution is 9.10. The minimum absolute atomic E-state index is 0.0988. The summed E-state index contributed by atoms with van der Waals surface area (Å²) in [5.41, 5.74) is 1.73. The quantitative estimate of drug-likeness (QED) is 0.614. The maximum absolute atomic E-state index is 11.9. The summed E-state index contributed by atoms with van der Waals surface area (Å²) < 4.78 is 1.00. The highest BCUT2D eigenvalue weighted by Crippen LogP contribution is 2.11. The van der Waals surface area contributed by atoms with Gasteiger partial charge in [-0.25, -0.2) is 0 Å². The molecule has 0 aromatic heterocycles. The molecule has 0 aliphatic rings. The number of likely N-dealkylation sites (N-methyl/N-ethyl adjacent to an activating group) is 1. The van der Waals surface area contributed by atoms with E-state index in [1.54, 1.807) is 13.3 Å². The van der Waals surface area contributed by atoms with Gasteiger partial charge in [0.25, 0.3) is 5.91 Å². The van der Waals surface area contributed by atoms with Gasteiger partial charge in [-0.15, -0.1) is 0 Å². The lowest BCUT2D eigenvalue weighted by atomic mass is 10.2. The molecule has 0 spiro atoms. The number of para-hydroxylation sites is 1. The van der Waals surface area contributed by atoms with E-state index in [-0.39, 0.29) is 12.5 Å². The first-order chi connectivity index (χ1) is 10.2. The zero-order valence-corrected chi connectivity index (χ0v) is 13.2. The van der Waals surface area contributed by atoms with E-state index in [0.29, 0.717) is 0 Å². The van der Waals surface area contributed by atoms with Crippen molar-refractivity contribution in [1.82, 2.24) is 0 Å². The number of rotatable bonds is 5. The Labute approximate surface area is 132 Å². The largest absolute Gasteiger partial charge is 0.386 e. The van der Waals surface area contributed by atoms with Crippen molar-refractivity contribution in [3.8, 4) is 0 Å². The van der Waals surface area contributed by atoms with Crippen LogP contribution in [0.15, 0.2) is 64.2 Å². The summed E-state index contributed by atoms with van der Waals surface area (Å²) in [5.74, 6) is -0.158. The first-order valence-electron chi connectivity index (χ1n) is 6.39. The summed E-state index contributed by atoms with van der Waals surface area (Å²) >= 11 is 3.36. The van der Waals surface area contributed by atoms with E-state index < -0.39 is 0 Å². The van der Waals surface area contributed by atoms with Crippen LogP contribution in [-0.2, 0) is 9.63 Å². The number of hydrogen-bond acceptors (Lipinski definition) is 3. The van der Waals surface area contributed by atoms with Gasteiger partial charge in [0.15, 0.2) is 6.61 Å². The highest BCUT2D eigenvalue weighted by atomic mass is 79.9. The minimum atomic E-state index is -0.158. The average molecular weight is 347 g/mol. The maximum Gasteiger partial charge on any atom is 0.267 e. The molecule has 21 heavy (non-hydrogen) atoms. The van der Waals surface area contributed by atoms with Gasteiger partial charge in [-0.1, -0.05) is 51.4 Å². The first kappa shape index (κ1) is 15.3. The van der Waals surface area contributed by atoms with Gasteiger partial charge < -0.3 is 9.74 Å². The Morgan fingerprint density at radius 1 is 1.19 bits per heavy atom. The Morgan fingerprint density at radius 3 is 2.52 bits per heavy atom. The van der Waals surface area contributed by atoms with E-state index in [1.165, 1.54) is 4.90 Å². The highest BCUT2D eigenvalue weighted by Gasteiger charge is 2.10. The standard InChI is InChI=1S/C16H15BrN2O2/c1-19(15-5-3-2-4-6-15)16(20)12-21-18-11-13-7-9-14(17)10-8-13/h2-11H,12H2,1H3/b18-11-. The molecule has 0 heterocycles. The van der Waals surface area contributed by atoms with Gasteiger partial charge in [0, 0.05) is 17.2 Å². The predicted molar refractivity (Wildman–Crippen MR) is 87.5 cm³/mol. The van der Waals surface area contributed by atoms with Crippen LogP contribution in [0.3, 0.4) is 0 Å². The van der Waals surface area contributed by atoms with Crippen molar-refractivity contribution in [2.75, 3.05) is 18.6 Å². The summed E-state index contributed by atoms with van der Waals surface area (Å²) in [5, 5.41) is 3.80. The Kier molecular flexibility index (Phi) is 5.51. The van der Waals surface area contributed by atoms with Gasteiger partial charge in [-0.2, -0.15) is 0 Å². The second kappa shape index (κ2) is 7.59. The molecule has 0 saturated carbocycles. The third kappa shape index (κ3) is 4.72. The Balaban J connectivity index is 1.83. The Morgan fingerprint density at radius 2 is 1.86 bits per heavy atom. The molecule has 2 rings (SSSR count). The summed E-state index contributed by atoms with van der Waals surface area (Å²) in [6.07, 6.45) is 1.57. The number of carbonyl (C=O) groups is 1. The van der Waals surface area contributed by atoms with Crippen LogP contribution in [0, 0.1) is 0 Å². The molecule has 108 valence electrons. The van der Waals surface area contributed by atoms with Crippen LogP contribution in [0.4, 0.5) is 5.69 Å². The zero-order chi connectivity index (χ0) is 15.1. The van der Waals surface area contributed by atoms with Crippen LogP contribution in [-0.4, -0.2) is 25.8 Å². The molecule has 0 N–H and O–H groups in total. The molecule has 0 aliphatic heterocycles. The van der Waals surface area contributed by atoms with E-state index in [0.717, 1.165) is 15.7 Å². The van der Waals surface area contributed by atoms with Gasteiger partial charge in [0.2, 0.25) is 0 Å². The predicted octanol–water partition coefficient (Wildman–Crippen LogP) is 3.46. The monoisotopic (exact) mass is 346 g/mol. The minimum Gasteiger partial charge on any atom is -0.386 e. The Bertz CT molecular complexity index is 612. The molecule has 0 radical (unpaired) electrons. The number of benzene rings is 2. The fraction of sp³-hybridized carbons (Fsp3) is 0.125. The second-order valence-corrected chi connectivity index (χ2v) is 5.26. The molecule has 0 atom stereocenters. The molecule has 0 aliphatic carbocycles. The molecular weight excluding hydrogens is 332 g/mol. The molecule has 0 bridgehead atoms. The SMILES string of the molecule is CN(C(=O)CO/N=C\c1ccc(Br)cc1)c1ccccc1. The van der Waals surface area contributed by atoms with Crippen LogP contribution in [0.25, 0.3) is 0 Å². The third-order valence-corrected chi connectivity index (χ3v) is 3.38. The summed E-state index contributed by atoms with van der Waals surface area (Å²) in [6, 6.07) is 17.0. The molecule has 2 aromatic carbocycles. The fourth-order valence-electron chi connectivity index (χ4n) is 1.63. The molecule has 0 fully saturated rings. The zero-order valence-electron chi connectivity index (χ0n) is 11.6. The number of oxime groups is 1. The number of carbonyl (C=O) groups excluding carboxylic acids is 1. The lowest BCUT2D eigenvalue weighted by Crippen LogP contribution is -2.29. The topological polar surface area (TPSA) is 41.9 Å². The molecular formula is C16H15BrN2O2. The van der Waals surface area contributed by atoms with Crippen LogP contribution in [0.1, 0.15) is 5.56 Å². The maximum atomic E-state index is 11.9. The number of amides is 1. The van der Waals surface area contributed by atoms with E-state index in [4.69, 9.17) is 4.84 Å². The first-order valence-corrected chi connectivity index (χ1v) is 7.18. The number of hydrogen-bond donors (Lipinski definition) is 0. The smallest absolute Gasteiger partial charge is 0.267 e. The van der Waals surface area contributed by atoms with Gasteiger partial charge in [0.05, 0.1) is 6.21 Å². The van der Waals surface area contributed by atoms with Crippen molar-refractivity contribution >= 4 is 33.7 Å². The molecule has 4 nitrogen and oxygen atoms in total. The van der Waals surface area contributed by atoms with Crippen LogP contribution >= 0.6 is 15.9 Å². The number of nitrogens with zero attached hydrogens (tertiary/aromatic N) is 2. The molecule has 1 amide bonds. The number of halogens is 1. The normalized spacial score (nSPS) is 10.6. The fourth-order valence-corrected chi connectivity index (χ4v) is 1.90.